The fourth-order valence-electron chi connectivity index (χ4n) is 1.61. The summed E-state index contributed by atoms with van der Waals surface area (Å²) in [7, 11) is -3.40. The first-order valence-electron chi connectivity index (χ1n) is 5.19. The summed E-state index contributed by atoms with van der Waals surface area (Å²) in [5.41, 5.74) is 1.07. The van der Waals surface area contributed by atoms with Gasteiger partial charge in [-0.15, -0.1) is 11.3 Å². The quantitative estimate of drug-likeness (QED) is 0.802. The van der Waals surface area contributed by atoms with E-state index >= 15 is 0 Å². The van der Waals surface area contributed by atoms with E-state index in [1.165, 1.54) is 11.3 Å². The number of hydrogen-bond donors (Lipinski definition) is 1. The van der Waals surface area contributed by atoms with Gasteiger partial charge in [0.15, 0.2) is 0 Å². The lowest BCUT2D eigenvalue weighted by Crippen LogP contribution is -1.99. The number of aromatic amines is 1. The highest BCUT2D eigenvalue weighted by Gasteiger charge is 2.20. The largest absolute Gasteiger partial charge is 0.352 e. The first kappa shape index (κ1) is 11.7. The molecule has 1 N–H and O–H groups in total. The van der Waals surface area contributed by atoms with Gasteiger partial charge in [-0.3, -0.25) is 0 Å². The van der Waals surface area contributed by atoms with E-state index in [1.54, 1.807) is 35.7 Å². The Kier molecular flexibility index (Phi) is 2.85. The van der Waals surface area contributed by atoms with Crippen molar-refractivity contribution < 1.29 is 8.42 Å². The van der Waals surface area contributed by atoms with Crippen LogP contribution in [-0.2, 0) is 9.84 Å². The molecule has 0 saturated heterocycles. The summed E-state index contributed by atoms with van der Waals surface area (Å²) in [5.74, 6) is 0. The summed E-state index contributed by atoms with van der Waals surface area (Å²) in [6.07, 6.45) is 1.61. The Morgan fingerprint density at radius 2 is 2.00 bits per heavy atom. The van der Waals surface area contributed by atoms with Crippen molar-refractivity contribution in [3.63, 3.8) is 0 Å². The van der Waals surface area contributed by atoms with Crippen molar-refractivity contribution >= 4 is 32.5 Å². The van der Waals surface area contributed by atoms with Crippen molar-refractivity contribution in [3.05, 3.63) is 47.3 Å². The third-order valence-corrected chi connectivity index (χ3v) is 6.53. The lowest BCUT2D eigenvalue weighted by molar-refractivity contribution is 0.595. The van der Waals surface area contributed by atoms with E-state index < -0.39 is 9.84 Å². The second kappa shape index (κ2) is 4.38. The standard InChI is InChI=1S/C12H9NO2S3/c14-18(15,11-2-1-6-13-11)12-4-3-10(17-12)9-5-7-16-8-9/h1-8,13H. The first-order valence-corrected chi connectivity index (χ1v) is 8.43. The fourth-order valence-corrected chi connectivity index (χ4v) is 5.00. The zero-order chi connectivity index (χ0) is 12.6. The maximum atomic E-state index is 12.3. The summed E-state index contributed by atoms with van der Waals surface area (Å²) >= 11 is 2.89. The molecule has 3 aromatic heterocycles. The molecule has 92 valence electrons. The molecule has 18 heavy (non-hydrogen) atoms. The molecule has 6 heteroatoms. The molecule has 0 atom stereocenters. The van der Waals surface area contributed by atoms with Gasteiger partial charge in [0.1, 0.15) is 9.24 Å². The molecule has 0 aromatic carbocycles. The van der Waals surface area contributed by atoms with Crippen LogP contribution in [0.3, 0.4) is 0 Å². The van der Waals surface area contributed by atoms with Crippen LogP contribution in [-0.4, -0.2) is 13.4 Å². The Labute approximate surface area is 113 Å². The van der Waals surface area contributed by atoms with Gasteiger partial charge in [0, 0.05) is 16.6 Å². The first-order chi connectivity index (χ1) is 8.68. The van der Waals surface area contributed by atoms with Crippen LogP contribution in [0.1, 0.15) is 0 Å². The van der Waals surface area contributed by atoms with E-state index in [1.807, 2.05) is 22.9 Å². The van der Waals surface area contributed by atoms with Crippen LogP contribution in [0, 0.1) is 0 Å². The molecular weight excluding hydrogens is 286 g/mol. The van der Waals surface area contributed by atoms with Crippen molar-refractivity contribution in [2.45, 2.75) is 9.24 Å². The van der Waals surface area contributed by atoms with Gasteiger partial charge in [-0.05, 0) is 41.1 Å². The molecular formula is C12H9NO2S3. The Hall–Kier alpha value is -1.37. The molecule has 0 bridgehead atoms. The van der Waals surface area contributed by atoms with Crippen LogP contribution >= 0.6 is 22.7 Å². The van der Waals surface area contributed by atoms with Gasteiger partial charge in [0.2, 0.25) is 9.84 Å². The Bertz CT molecular complexity index is 737. The van der Waals surface area contributed by atoms with Crippen molar-refractivity contribution in [3.8, 4) is 10.4 Å². The Balaban J connectivity index is 2.05. The average molecular weight is 295 g/mol. The van der Waals surface area contributed by atoms with Crippen LogP contribution in [0.4, 0.5) is 0 Å². The number of hydrogen-bond acceptors (Lipinski definition) is 4. The SMILES string of the molecule is O=S(=O)(c1ccc[nH]1)c1ccc(-c2ccsc2)s1. The minimum atomic E-state index is -3.40. The minimum Gasteiger partial charge on any atom is -0.352 e. The maximum Gasteiger partial charge on any atom is 0.231 e. The van der Waals surface area contributed by atoms with E-state index in [0.29, 0.717) is 4.21 Å². The third-order valence-electron chi connectivity index (χ3n) is 2.51. The van der Waals surface area contributed by atoms with Crippen LogP contribution in [0.25, 0.3) is 10.4 Å². The highest BCUT2D eigenvalue weighted by Crippen LogP contribution is 2.34. The number of nitrogens with one attached hydrogen (secondary N) is 1. The molecule has 0 unspecified atom stereocenters. The number of rotatable bonds is 3. The molecule has 3 aromatic rings. The Morgan fingerprint density at radius 1 is 1.11 bits per heavy atom. The van der Waals surface area contributed by atoms with Gasteiger partial charge in [-0.1, -0.05) is 0 Å². The van der Waals surface area contributed by atoms with Gasteiger partial charge >= 0.3 is 0 Å². The second-order valence-electron chi connectivity index (χ2n) is 3.67. The highest BCUT2D eigenvalue weighted by molar-refractivity contribution is 7.93. The molecule has 3 rings (SSSR count). The third kappa shape index (κ3) is 1.92. The van der Waals surface area contributed by atoms with Crippen LogP contribution in [0.2, 0.25) is 0 Å². The van der Waals surface area contributed by atoms with Crippen molar-refractivity contribution in [1.82, 2.24) is 4.98 Å². The topological polar surface area (TPSA) is 49.9 Å². The molecule has 0 aliphatic carbocycles. The number of H-pyrrole nitrogens is 1. The molecule has 0 radical (unpaired) electrons. The predicted molar refractivity (Wildman–Crippen MR) is 73.9 cm³/mol. The molecule has 0 saturated carbocycles. The van der Waals surface area contributed by atoms with E-state index in [9.17, 15) is 8.42 Å². The van der Waals surface area contributed by atoms with E-state index in [2.05, 4.69) is 4.98 Å². The molecule has 0 amide bonds. The predicted octanol–water partition coefficient (Wildman–Crippen LogP) is 3.64. The van der Waals surface area contributed by atoms with E-state index in [0.717, 1.165) is 10.4 Å². The molecule has 3 nitrogen and oxygen atoms in total. The zero-order valence-corrected chi connectivity index (χ0v) is 11.6. The summed E-state index contributed by atoms with van der Waals surface area (Å²) in [4.78, 5) is 3.71. The van der Waals surface area contributed by atoms with Crippen molar-refractivity contribution in [1.29, 1.82) is 0 Å². The van der Waals surface area contributed by atoms with Gasteiger partial charge in [-0.25, -0.2) is 8.42 Å². The van der Waals surface area contributed by atoms with Crippen LogP contribution < -0.4 is 0 Å². The number of thiophene rings is 2. The normalized spacial score (nSPS) is 11.8. The second-order valence-corrected chi connectivity index (χ2v) is 7.68. The summed E-state index contributed by atoms with van der Waals surface area (Å²) in [6.45, 7) is 0. The summed E-state index contributed by atoms with van der Waals surface area (Å²) < 4.78 is 24.9. The van der Waals surface area contributed by atoms with E-state index in [4.69, 9.17) is 0 Å². The van der Waals surface area contributed by atoms with Gasteiger partial charge in [0.05, 0.1) is 0 Å². The summed E-state index contributed by atoms with van der Waals surface area (Å²) in [6, 6.07) is 8.75. The molecule has 0 spiro atoms. The lowest BCUT2D eigenvalue weighted by Gasteiger charge is -1.97. The van der Waals surface area contributed by atoms with Gasteiger partial charge in [-0.2, -0.15) is 11.3 Å². The number of sulfone groups is 1. The minimum absolute atomic E-state index is 0.237. The molecule has 0 fully saturated rings. The average Bonchev–Trinajstić information content (AvgIpc) is 3.12. The van der Waals surface area contributed by atoms with Crippen LogP contribution in [0.15, 0.2) is 56.5 Å². The molecule has 0 aliphatic heterocycles. The Morgan fingerprint density at radius 3 is 2.67 bits per heavy atom. The van der Waals surface area contributed by atoms with E-state index in [-0.39, 0.29) is 5.03 Å². The smallest absolute Gasteiger partial charge is 0.231 e. The highest BCUT2D eigenvalue weighted by atomic mass is 32.2. The number of aromatic nitrogens is 1. The molecule has 3 heterocycles. The van der Waals surface area contributed by atoms with Crippen molar-refractivity contribution in [2.24, 2.45) is 0 Å². The zero-order valence-electron chi connectivity index (χ0n) is 9.16. The summed E-state index contributed by atoms with van der Waals surface area (Å²) in [5, 5.41) is 4.23. The lowest BCUT2D eigenvalue weighted by atomic mass is 10.3. The van der Waals surface area contributed by atoms with Gasteiger partial charge < -0.3 is 4.98 Å². The van der Waals surface area contributed by atoms with Crippen LogP contribution in [0.5, 0.6) is 0 Å². The fraction of sp³-hybridized carbons (Fsp3) is 0. The maximum absolute atomic E-state index is 12.3. The molecule has 0 aliphatic rings. The monoisotopic (exact) mass is 295 g/mol. The van der Waals surface area contributed by atoms with Crippen molar-refractivity contribution in [2.75, 3.05) is 0 Å². The van der Waals surface area contributed by atoms with Gasteiger partial charge in [0.25, 0.3) is 0 Å².